The molecule has 1 aromatic carbocycles. The lowest BCUT2D eigenvalue weighted by molar-refractivity contribution is 0.245. The topological polar surface area (TPSA) is 89.3 Å². The predicted octanol–water partition coefficient (Wildman–Crippen LogP) is 3.70. The Balaban J connectivity index is 2.03. The van der Waals surface area contributed by atoms with Crippen LogP contribution in [-0.4, -0.2) is 22.8 Å². The molecule has 0 bridgehead atoms. The zero-order valence-corrected chi connectivity index (χ0v) is 14.0. The van der Waals surface area contributed by atoms with Gasteiger partial charge in [0.2, 0.25) is 5.89 Å². The first kappa shape index (κ1) is 17.1. The number of nitrogens with one attached hydrogen (secondary N) is 2. The number of benzene rings is 1. The number of carbonyl (C=O) groups excluding carboxylic acids is 1. The minimum absolute atomic E-state index is 0.339. The first-order valence-corrected chi connectivity index (χ1v) is 7.67. The summed E-state index contributed by atoms with van der Waals surface area (Å²) in [5, 5.41) is 9.63. The third-order valence-electron chi connectivity index (χ3n) is 2.91. The summed E-state index contributed by atoms with van der Waals surface area (Å²) in [5.41, 5.74) is 0.498. The van der Waals surface area contributed by atoms with E-state index in [1.54, 1.807) is 32.0 Å². The van der Waals surface area contributed by atoms with Crippen LogP contribution in [0.1, 0.15) is 38.0 Å². The highest BCUT2D eigenvalue weighted by atomic mass is 35.5. The van der Waals surface area contributed by atoms with E-state index in [1.807, 2.05) is 6.92 Å². The first-order valence-electron chi connectivity index (χ1n) is 7.29. The molecular weight excluding hydrogens is 320 g/mol. The second kappa shape index (κ2) is 7.82. The maximum absolute atomic E-state index is 12.1. The van der Waals surface area contributed by atoms with Crippen molar-refractivity contribution in [3.05, 3.63) is 34.9 Å². The van der Waals surface area contributed by atoms with Crippen LogP contribution in [0.3, 0.4) is 0 Å². The Bertz CT molecular complexity index is 674. The van der Waals surface area contributed by atoms with Crippen LogP contribution in [-0.2, 0) is 0 Å². The van der Waals surface area contributed by atoms with E-state index in [2.05, 4.69) is 20.8 Å². The monoisotopic (exact) mass is 338 g/mol. The van der Waals surface area contributed by atoms with Gasteiger partial charge in [-0.15, -0.1) is 0 Å². The maximum atomic E-state index is 12.1. The Labute approximate surface area is 139 Å². The van der Waals surface area contributed by atoms with E-state index >= 15 is 0 Å². The van der Waals surface area contributed by atoms with Gasteiger partial charge in [0.25, 0.3) is 0 Å². The number of aryl methyl sites for hydroxylation is 1. The average Bonchev–Trinajstić information content (AvgIpc) is 2.93. The van der Waals surface area contributed by atoms with Crippen molar-refractivity contribution in [3.63, 3.8) is 0 Å². The zero-order chi connectivity index (χ0) is 16.8. The summed E-state index contributed by atoms with van der Waals surface area (Å²) < 4.78 is 10.6. The van der Waals surface area contributed by atoms with Gasteiger partial charge in [-0.3, -0.25) is 0 Å². The molecule has 0 saturated heterocycles. The molecular formula is C15H19ClN4O3. The van der Waals surface area contributed by atoms with Crippen molar-refractivity contribution in [2.24, 2.45) is 0 Å². The zero-order valence-electron chi connectivity index (χ0n) is 13.2. The summed E-state index contributed by atoms with van der Waals surface area (Å²) in [4.78, 5) is 16.2. The predicted molar refractivity (Wildman–Crippen MR) is 86.8 cm³/mol. The Morgan fingerprint density at radius 1 is 1.48 bits per heavy atom. The normalized spacial score (nSPS) is 11.8. The van der Waals surface area contributed by atoms with Crippen LogP contribution in [0.4, 0.5) is 10.5 Å². The van der Waals surface area contributed by atoms with Crippen molar-refractivity contribution >= 4 is 23.3 Å². The number of hydrogen-bond acceptors (Lipinski definition) is 5. The van der Waals surface area contributed by atoms with Crippen LogP contribution in [0.5, 0.6) is 5.75 Å². The van der Waals surface area contributed by atoms with Crippen molar-refractivity contribution < 1.29 is 14.1 Å². The highest BCUT2D eigenvalue weighted by molar-refractivity contribution is 6.31. The van der Waals surface area contributed by atoms with Crippen molar-refractivity contribution in [2.75, 3.05) is 11.9 Å². The average molecular weight is 339 g/mol. The minimum atomic E-state index is -0.421. The molecule has 0 aliphatic carbocycles. The molecule has 1 atom stereocenters. The highest BCUT2D eigenvalue weighted by Gasteiger charge is 2.16. The van der Waals surface area contributed by atoms with Crippen LogP contribution in [0.15, 0.2) is 22.7 Å². The minimum Gasteiger partial charge on any atom is -0.491 e. The van der Waals surface area contributed by atoms with E-state index in [-0.39, 0.29) is 0 Å². The fourth-order valence-corrected chi connectivity index (χ4v) is 2.02. The van der Waals surface area contributed by atoms with Crippen LogP contribution in [0.25, 0.3) is 0 Å². The van der Waals surface area contributed by atoms with E-state index in [4.69, 9.17) is 20.9 Å². The molecule has 0 fully saturated rings. The summed E-state index contributed by atoms with van der Waals surface area (Å²) in [5.74, 6) is 1.41. The first-order chi connectivity index (χ1) is 11.0. The fourth-order valence-electron chi connectivity index (χ4n) is 1.84. The molecule has 2 rings (SSSR count). The lowest BCUT2D eigenvalue weighted by Gasteiger charge is -2.14. The van der Waals surface area contributed by atoms with Crippen LogP contribution < -0.4 is 15.4 Å². The smallest absolute Gasteiger partial charge is 0.319 e. The quantitative estimate of drug-likeness (QED) is 0.838. The second-order valence-corrected chi connectivity index (χ2v) is 5.43. The SMILES string of the molecule is CCCOc1ccc(Cl)cc1NC(=O)N[C@H](C)c1nc(C)no1. The van der Waals surface area contributed by atoms with E-state index in [0.717, 1.165) is 6.42 Å². The van der Waals surface area contributed by atoms with Crippen molar-refractivity contribution in [1.29, 1.82) is 0 Å². The van der Waals surface area contributed by atoms with Gasteiger partial charge in [0.15, 0.2) is 5.82 Å². The molecule has 8 heteroatoms. The van der Waals surface area contributed by atoms with E-state index in [1.165, 1.54) is 0 Å². The van der Waals surface area contributed by atoms with Gasteiger partial charge in [-0.2, -0.15) is 4.98 Å². The molecule has 0 saturated carbocycles. The molecule has 7 nitrogen and oxygen atoms in total. The summed E-state index contributed by atoms with van der Waals surface area (Å²) in [6, 6.07) is 4.22. The maximum Gasteiger partial charge on any atom is 0.319 e. The molecule has 124 valence electrons. The molecule has 1 heterocycles. The molecule has 23 heavy (non-hydrogen) atoms. The van der Waals surface area contributed by atoms with Crippen molar-refractivity contribution in [2.45, 2.75) is 33.2 Å². The van der Waals surface area contributed by atoms with E-state index in [0.29, 0.717) is 34.8 Å². The second-order valence-electron chi connectivity index (χ2n) is 4.99. The molecule has 2 aromatic rings. The summed E-state index contributed by atoms with van der Waals surface area (Å²) in [6.45, 7) is 6.02. The Morgan fingerprint density at radius 2 is 2.26 bits per heavy atom. The van der Waals surface area contributed by atoms with Gasteiger partial charge in [0, 0.05) is 5.02 Å². The summed E-state index contributed by atoms with van der Waals surface area (Å²) in [7, 11) is 0. The Hall–Kier alpha value is -2.28. The third-order valence-corrected chi connectivity index (χ3v) is 3.15. The number of hydrogen-bond donors (Lipinski definition) is 2. The van der Waals surface area contributed by atoms with Gasteiger partial charge in [0.05, 0.1) is 12.3 Å². The number of halogens is 1. The number of amides is 2. The molecule has 0 aliphatic heterocycles. The summed E-state index contributed by atoms with van der Waals surface area (Å²) >= 11 is 5.98. The Kier molecular flexibility index (Phi) is 5.81. The lowest BCUT2D eigenvalue weighted by Crippen LogP contribution is -2.31. The molecule has 2 amide bonds. The number of rotatable bonds is 6. The van der Waals surface area contributed by atoms with Crippen LogP contribution in [0.2, 0.25) is 5.02 Å². The van der Waals surface area contributed by atoms with E-state index < -0.39 is 12.1 Å². The molecule has 0 spiro atoms. The van der Waals surface area contributed by atoms with Crippen LogP contribution >= 0.6 is 11.6 Å². The largest absolute Gasteiger partial charge is 0.491 e. The third kappa shape index (κ3) is 4.85. The number of carbonyl (C=O) groups is 1. The molecule has 1 aromatic heterocycles. The molecule has 0 aliphatic rings. The van der Waals surface area contributed by atoms with Gasteiger partial charge in [-0.1, -0.05) is 23.7 Å². The number of anilines is 1. The number of urea groups is 1. The van der Waals surface area contributed by atoms with Gasteiger partial charge in [0.1, 0.15) is 11.8 Å². The summed E-state index contributed by atoms with van der Waals surface area (Å²) in [6.07, 6.45) is 0.863. The lowest BCUT2D eigenvalue weighted by atomic mass is 10.3. The molecule has 0 unspecified atom stereocenters. The van der Waals surface area contributed by atoms with Gasteiger partial charge >= 0.3 is 6.03 Å². The number of ether oxygens (including phenoxy) is 1. The Morgan fingerprint density at radius 3 is 2.91 bits per heavy atom. The molecule has 2 N–H and O–H groups in total. The number of aromatic nitrogens is 2. The number of nitrogens with zero attached hydrogens (tertiary/aromatic N) is 2. The van der Waals surface area contributed by atoms with Gasteiger partial charge < -0.3 is 19.9 Å². The standard InChI is InChI=1S/C15H19ClN4O3/c1-4-7-22-13-6-5-11(16)8-12(13)19-15(21)17-9(2)14-18-10(3)20-23-14/h5-6,8-9H,4,7H2,1-3H3,(H2,17,19,21)/t9-/m1/s1. The van der Waals surface area contributed by atoms with E-state index in [9.17, 15) is 4.79 Å². The fraction of sp³-hybridized carbons (Fsp3) is 0.400. The van der Waals surface area contributed by atoms with Gasteiger partial charge in [-0.05, 0) is 38.5 Å². The van der Waals surface area contributed by atoms with Crippen molar-refractivity contribution in [1.82, 2.24) is 15.5 Å². The van der Waals surface area contributed by atoms with Gasteiger partial charge in [-0.25, -0.2) is 4.79 Å². The van der Waals surface area contributed by atoms with Crippen LogP contribution in [0, 0.1) is 6.92 Å². The molecule has 0 radical (unpaired) electrons. The highest BCUT2D eigenvalue weighted by Crippen LogP contribution is 2.28. The van der Waals surface area contributed by atoms with Crippen molar-refractivity contribution in [3.8, 4) is 5.75 Å².